The first-order valence-corrected chi connectivity index (χ1v) is 11.0. The minimum atomic E-state index is -4.39. The third kappa shape index (κ3) is 3.62. The molecule has 2 aliphatic heterocycles. The van der Waals surface area contributed by atoms with Gasteiger partial charge in [-0.2, -0.15) is 13.2 Å². The lowest BCUT2D eigenvalue weighted by atomic mass is 9.78. The zero-order chi connectivity index (χ0) is 23.4. The van der Waals surface area contributed by atoms with E-state index in [0.29, 0.717) is 23.0 Å². The first-order chi connectivity index (χ1) is 15.7. The highest BCUT2D eigenvalue weighted by Gasteiger charge is 2.47. The van der Waals surface area contributed by atoms with Crippen molar-refractivity contribution in [2.75, 3.05) is 25.0 Å². The molecule has 33 heavy (non-hydrogen) atoms. The molecule has 172 valence electrons. The summed E-state index contributed by atoms with van der Waals surface area (Å²) in [5.74, 6) is 1.42. The number of likely N-dealkylation sites (N-methyl/N-ethyl adjacent to an activating group) is 1. The molecule has 3 aromatic rings. The number of aromatic nitrogens is 2. The fraction of sp³-hybridized carbons (Fsp3) is 0.360. The Morgan fingerprint density at radius 1 is 1.09 bits per heavy atom. The van der Waals surface area contributed by atoms with Crippen molar-refractivity contribution in [1.82, 2.24) is 14.9 Å². The van der Waals surface area contributed by atoms with E-state index in [1.807, 2.05) is 6.07 Å². The van der Waals surface area contributed by atoms with Crippen molar-refractivity contribution in [2.24, 2.45) is 0 Å². The predicted molar refractivity (Wildman–Crippen MR) is 122 cm³/mol. The summed E-state index contributed by atoms with van der Waals surface area (Å²) in [4.78, 5) is 20.0. The van der Waals surface area contributed by atoms with Crippen LogP contribution in [0.1, 0.15) is 30.9 Å². The molecule has 4 heterocycles. The molecule has 5 nitrogen and oxygen atoms in total. The molecule has 0 spiro atoms. The molecule has 0 aliphatic carbocycles. The largest absolute Gasteiger partial charge is 0.416 e. The van der Waals surface area contributed by atoms with Gasteiger partial charge in [0.1, 0.15) is 11.6 Å². The van der Waals surface area contributed by atoms with Crippen molar-refractivity contribution in [3.8, 4) is 16.9 Å². The van der Waals surface area contributed by atoms with E-state index in [-0.39, 0.29) is 11.0 Å². The van der Waals surface area contributed by atoms with Gasteiger partial charge in [-0.05, 0) is 54.8 Å². The molecule has 1 N–H and O–H groups in total. The maximum absolute atomic E-state index is 12.9. The standard InChI is InChI=1S/C25H25F3N4O/c1-24-15-29-12-3-4-20(24)31(2)23-19(24)9-10-21(30-23)32-13-11-17(14-22(32)33)16-5-7-18(8-6-16)25(26,27)28/h5-11,13-14,20,29H,3-4,12,15H2,1-2H3. The van der Waals surface area contributed by atoms with Crippen LogP contribution in [-0.2, 0) is 11.6 Å². The van der Waals surface area contributed by atoms with Crippen LogP contribution in [0.4, 0.5) is 19.0 Å². The van der Waals surface area contributed by atoms with E-state index < -0.39 is 11.7 Å². The lowest BCUT2D eigenvalue weighted by molar-refractivity contribution is -0.137. The lowest BCUT2D eigenvalue weighted by Gasteiger charge is -2.33. The van der Waals surface area contributed by atoms with Crippen LogP contribution in [0.5, 0.6) is 0 Å². The monoisotopic (exact) mass is 454 g/mol. The number of nitrogens with one attached hydrogen (secondary N) is 1. The van der Waals surface area contributed by atoms with Gasteiger partial charge in [-0.1, -0.05) is 25.1 Å². The van der Waals surface area contributed by atoms with E-state index in [4.69, 9.17) is 4.98 Å². The van der Waals surface area contributed by atoms with Gasteiger partial charge in [0.05, 0.1) is 5.56 Å². The normalized spacial score (nSPS) is 22.6. The molecule has 1 aromatic carbocycles. The number of pyridine rings is 2. The first kappa shape index (κ1) is 21.7. The number of anilines is 1. The summed E-state index contributed by atoms with van der Waals surface area (Å²) in [6.45, 7) is 4.17. The Morgan fingerprint density at radius 2 is 1.85 bits per heavy atom. The summed E-state index contributed by atoms with van der Waals surface area (Å²) < 4.78 is 39.9. The van der Waals surface area contributed by atoms with Gasteiger partial charge >= 0.3 is 6.18 Å². The zero-order valence-electron chi connectivity index (χ0n) is 18.5. The molecular formula is C25H25F3N4O. The summed E-state index contributed by atoms with van der Waals surface area (Å²) in [5.41, 5.74) is 1.25. The van der Waals surface area contributed by atoms with Crippen molar-refractivity contribution in [1.29, 1.82) is 0 Å². The van der Waals surface area contributed by atoms with E-state index in [1.54, 1.807) is 12.3 Å². The molecule has 2 unspecified atom stereocenters. The molecule has 2 atom stereocenters. The quantitative estimate of drug-likeness (QED) is 0.625. The van der Waals surface area contributed by atoms with Crippen LogP contribution in [0, 0.1) is 0 Å². The summed E-state index contributed by atoms with van der Waals surface area (Å²) in [6, 6.07) is 12.2. The maximum atomic E-state index is 12.9. The maximum Gasteiger partial charge on any atom is 0.416 e. The molecule has 2 aliphatic rings. The van der Waals surface area contributed by atoms with Crippen LogP contribution in [0.15, 0.2) is 59.5 Å². The second-order valence-electron chi connectivity index (χ2n) is 9.10. The van der Waals surface area contributed by atoms with Gasteiger partial charge in [-0.3, -0.25) is 9.36 Å². The Hall–Kier alpha value is -3.13. The average molecular weight is 454 g/mol. The number of rotatable bonds is 2. The molecule has 0 amide bonds. The van der Waals surface area contributed by atoms with Gasteiger partial charge in [-0.25, -0.2) is 4.98 Å². The molecular weight excluding hydrogens is 429 g/mol. The number of nitrogens with zero attached hydrogens (tertiary/aromatic N) is 3. The number of alkyl halides is 3. The van der Waals surface area contributed by atoms with Crippen LogP contribution < -0.4 is 15.8 Å². The summed E-state index contributed by atoms with van der Waals surface area (Å²) in [6.07, 6.45) is -0.581. The Balaban J connectivity index is 1.48. The molecule has 0 radical (unpaired) electrons. The summed E-state index contributed by atoms with van der Waals surface area (Å²) in [5, 5.41) is 3.54. The fourth-order valence-corrected chi connectivity index (χ4v) is 5.23. The Bertz CT molecular complexity index is 1250. The average Bonchev–Trinajstić information content (AvgIpc) is 2.91. The molecule has 5 rings (SSSR count). The van der Waals surface area contributed by atoms with E-state index >= 15 is 0 Å². The zero-order valence-corrected chi connectivity index (χ0v) is 18.5. The number of hydrogen-bond donors (Lipinski definition) is 1. The third-order valence-electron chi connectivity index (χ3n) is 7.05. The van der Waals surface area contributed by atoms with Gasteiger partial charge in [0.25, 0.3) is 5.56 Å². The van der Waals surface area contributed by atoms with Crippen molar-refractivity contribution >= 4 is 5.82 Å². The minimum Gasteiger partial charge on any atom is -0.355 e. The first-order valence-electron chi connectivity index (χ1n) is 11.0. The van der Waals surface area contributed by atoms with Gasteiger partial charge in [0, 0.05) is 42.9 Å². The summed E-state index contributed by atoms with van der Waals surface area (Å²) >= 11 is 0. The molecule has 2 aromatic heterocycles. The topological polar surface area (TPSA) is 50.2 Å². The fourth-order valence-electron chi connectivity index (χ4n) is 5.23. The predicted octanol–water partition coefficient (Wildman–Crippen LogP) is 4.38. The van der Waals surface area contributed by atoms with Crippen molar-refractivity contribution in [2.45, 2.75) is 37.4 Å². The SMILES string of the molecule is CN1c2nc(-n3ccc(-c4ccc(C(F)(F)F)cc4)cc3=O)ccc2C2(C)CNCCCC12. The van der Waals surface area contributed by atoms with Gasteiger partial charge < -0.3 is 10.2 Å². The van der Waals surface area contributed by atoms with Crippen LogP contribution >= 0.6 is 0 Å². The molecule has 8 heteroatoms. The van der Waals surface area contributed by atoms with E-state index in [0.717, 1.165) is 43.9 Å². The molecule has 0 bridgehead atoms. The third-order valence-corrected chi connectivity index (χ3v) is 7.05. The van der Waals surface area contributed by atoms with Crippen LogP contribution in [0.2, 0.25) is 0 Å². The van der Waals surface area contributed by atoms with Crippen molar-refractivity contribution in [3.63, 3.8) is 0 Å². The van der Waals surface area contributed by atoms with Crippen LogP contribution in [0.25, 0.3) is 16.9 Å². The van der Waals surface area contributed by atoms with Gasteiger partial charge in [0.15, 0.2) is 0 Å². The number of halogens is 3. The van der Waals surface area contributed by atoms with Gasteiger partial charge in [0.2, 0.25) is 0 Å². The van der Waals surface area contributed by atoms with Crippen molar-refractivity contribution < 1.29 is 13.2 Å². The van der Waals surface area contributed by atoms with E-state index in [1.165, 1.54) is 28.3 Å². The number of benzene rings is 1. The van der Waals surface area contributed by atoms with Crippen LogP contribution in [-0.4, -0.2) is 35.7 Å². The number of fused-ring (bicyclic) bond motifs is 3. The summed E-state index contributed by atoms with van der Waals surface area (Å²) in [7, 11) is 2.06. The van der Waals surface area contributed by atoms with E-state index in [9.17, 15) is 18.0 Å². The second-order valence-corrected chi connectivity index (χ2v) is 9.10. The van der Waals surface area contributed by atoms with Crippen LogP contribution in [0.3, 0.4) is 0 Å². The van der Waals surface area contributed by atoms with E-state index in [2.05, 4.69) is 30.3 Å². The highest BCUT2D eigenvalue weighted by molar-refractivity contribution is 5.64. The second kappa shape index (κ2) is 7.73. The van der Waals surface area contributed by atoms with Crippen molar-refractivity contribution in [3.05, 3.63) is 76.2 Å². The Morgan fingerprint density at radius 3 is 2.55 bits per heavy atom. The minimum absolute atomic E-state index is 0.0382. The Kier molecular flexibility index (Phi) is 5.08. The smallest absolute Gasteiger partial charge is 0.355 e. The molecule has 0 saturated carbocycles. The highest BCUT2D eigenvalue weighted by atomic mass is 19.4. The molecule has 1 saturated heterocycles. The lowest BCUT2D eigenvalue weighted by Crippen LogP contribution is -2.45. The van der Waals surface area contributed by atoms with Gasteiger partial charge in [-0.15, -0.1) is 0 Å². The number of hydrogen-bond acceptors (Lipinski definition) is 4. The Labute approximate surface area is 189 Å². The highest BCUT2D eigenvalue weighted by Crippen LogP contribution is 2.45. The molecule has 1 fully saturated rings.